The molecule has 2 N–H and O–H groups in total. The Morgan fingerprint density at radius 3 is 2.48 bits per heavy atom. The molecule has 0 aliphatic carbocycles. The van der Waals surface area contributed by atoms with Gasteiger partial charge in [0.15, 0.2) is 5.78 Å². The van der Waals surface area contributed by atoms with Crippen molar-refractivity contribution in [3.8, 4) is 0 Å². The summed E-state index contributed by atoms with van der Waals surface area (Å²) in [7, 11) is 0. The highest BCUT2D eigenvalue weighted by molar-refractivity contribution is 6.30. The predicted octanol–water partition coefficient (Wildman–Crippen LogP) is 3.83. The molecule has 0 aromatic heterocycles. The quantitative estimate of drug-likeness (QED) is 0.817. The Hall–Kier alpha value is -1.68. The summed E-state index contributed by atoms with van der Waals surface area (Å²) in [6.45, 7) is 3.77. The number of Topliss-reactive ketones (excluding diaryl/α,β-unsaturated/α-hetero) is 1. The monoisotopic (exact) mass is 354 g/mol. The molecule has 0 radical (unpaired) electrons. The third-order valence-electron chi connectivity index (χ3n) is 5.70. The third kappa shape index (κ3) is 2.91. The zero-order valence-corrected chi connectivity index (χ0v) is 15.1. The Balaban J connectivity index is 1.89. The number of carbonyl (C=O) groups excluding carboxylic acids is 1. The number of rotatable bonds is 1. The van der Waals surface area contributed by atoms with Crippen LogP contribution >= 0.6 is 11.6 Å². The summed E-state index contributed by atoms with van der Waals surface area (Å²) >= 11 is 6.32. The van der Waals surface area contributed by atoms with Crippen LogP contribution in [0.25, 0.3) is 0 Å². The Bertz CT molecular complexity index is 784. The van der Waals surface area contributed by atoms with Gasteiger partial charge < -0.3 is 5.32 Å². The maximum atomic E-state index is 13.4. The van der Waals surface area contributed by atoms with Gasteiger partial charge >= 0.3 is 0 Å². The first-order chi connectivity index (χ1) is 12.1. The molecule has 4 heteroatoms. The maximum Gasteiger partial charge on any atom is 0.160 e. The summed E-state index contributed by atoms with van der Waals surface area (Å²) < 4.78 is 0. The van der Waals surface area contributed by atoms with Gasteiger partial charge in [-0.15, -0.1) is 0 Å². The summed E-state index contributed by atoms with van der Waals surface area (Å²) in [6.07, 6.45) is 1.64. The Labute approximate surface area is 153 Å². The van der Waals surface area contributed by atoms with Crippen molar-refractivity contribution in [3.05, 3.63) is 70.2 Å². The molecule has 2 unspecified atom stereocenters. The minimum absolute atomic E-state index is 0.0260. The molecule has 3 nitrogen and oxygen atoms in total. The van der Waals surface area contributed by atoms with E-state index in [-0.39, 0.29) is 12.0 Å². The number of halogens is 1. The largest absolute Gasteiger partial charge is 0.317 e. The number of hydrogen-bond donors (Lipinski definition) is 2. The van der Waals surface area contributed by atoms with Crippen molar-refractivity contribution in [3.63, 3.8) is 0 Å². The normalized spacial score (nSPS) is 25.4. The molecule has 1 spiro atoms. The van der Waals surface area contributed by atoms with Gasteiger partial charge in [0.1, 0.15) is 0 Å². The third-order valence-corrected chi connectivity index (χ3v) is 5.94. The average molecular weight is 355 g/mol. The number of nitrogens with one attached hydrogen (secondary N) is 2. The Morgan fingerprint density at radius 1 is 1.04 bits per heavy atom. The van der Waals surface area contributed by atoms with Crippen molar-refractivity contribution in [1.29, 1.82) is 0 Å². The highest BCUT2D eigenvalue weighted by Gasteiger charge is 2.46. The van der Waals surface area contributed by atoms with Crippen molar-refractivity contribution in [1.82, 2.24) is 10.6 Å². The summed E-state index contributed by atoms with van der Waals surface area (Å²) in [5.41, 5.74) is 2.91. The van der Waals surface area contributed by atoms with Crippen LogP contribution in [0, 0.1) is 0 Å². The molecule has 25 heavy (non-hydrogen) atoms. The average Bonchev–Trinajstić information content (AvgIpc) is 2.73. The number of piperidine rings is 1. The molecule has 0 bridgehead atoms. The highest BCUT2D eigenvalue weighted by Crippen LogP contribution is 2.41. The van der Waals surface area contributed by atoms with Crippen LogP contribution in [0.4, 0.5) is 0 Å². The van der Waals surface area contributed by atoms with Crippen LogP contribution in [0.5, 0.6) is 0 Å². The van der Waals surface area contributed by atoms with Gasteiger partial charge in [-0.2, -0.15) is 0 Å². The van der Waals surface area contributed by atoms with Crippen LogP contribution in [0.2, 0.25) is 5.02 Å². The second-order valence-corrected chi connectivity index (χ2v) is 7.62. The van der Waals surface area contributed by atoms with Gasteiger partial charge in [0, 0.05) is 10.9 Å². The van der Waals surface area contributed by atoms with E-state index in [9.17, 15) is 4.79 Å². The van der Waals surface area contributed by atoms with E-state index in [2.05, 4.69) is 22.8 Å². The lowest BCUT2D eigenvalue weighted by atomic mass is 9.78. The maximum absolute atomic E-state index is 13.4. The van der Waals surface area contributed by atoms with Crippen LogP contribution in [-0.2, 0) is 4.79 Å². The number of carbonyl (C=O) groups is 1. The minimum atomic E-state index is -0.476. The fraction of sp³-hybridized carbons (Fsp3) is 0.381. The Kier molecular flexibility index (Phi) is 4.40. The molecule has 4 rings (SSSR count). The highest BCUT2D eigenvalue weighted by atomic mass is 35.5. The van der Waals surface area contributed by atoms with Crippen molar-refractivity contribution in [2.24, 2.45) is 0 Å². The molecule has 0 saturated carbocycles. The van der Waals surface area contributed by atoms with Gasteiger partial charge in [0.05, 0.1) is 11.6 Å². The number of fused-ring (bicyclic) bond motifs is 1. The van der Waals surface area contributed by atoms with Crippen LogP contribution in [0.3, 0.4) is 0 Å². The molecular formula is C21H23ClN2O. The van der Waals surface area contributed by atoms with Crippen molar-refractivity contribution < 1.29 is 4.79 Å². The molecule has 2 aromatic rings. The van der Waals surface area contributed by atoms with Gasteiger partial charge in [0.25, 0.3) is 0 Å². The van der Waals surface area contributed by atoms with Gasteiger partial charge in [-0.05, 0) is 54.8 Å². The lowest BCUT2D eigenvalue weighted by Crippen LogP contribution is -2.58. The van der Waals surface area contributed by atoms with Crippen molar-refractivity contribution in [2.75, 3.05) is 13.1 Å². The predicted molar refractivity (Wildman–Crippen MR) is 101 cm³/mol. The lowest BCUT2D eigenvalue weighted by Gasteiger charge is -2.39. The van der Waals surface area contributed by atoms with E-state index < -0.39 is 5.54 Å². The number of benzene rings is 2. The van der Waals surface area contributed by atoms with Gasteiger partial charge in [0.2, 0.25) is 0 Å². The molecule has 2 aliphatic rings. The summed E-state index contributed by atoms with van der Waals surface area (Å²) in [5.74, 6) is 0.169. The van der Waals surface area contributed by atoms with E-state index >= 15 is 0 Å². The minimum Gasteiger partial charge on any atom is -0.317 e. The second-order valence-electron chi connectivity index (χ2n) is 7.18. The topological polar surface area (TPSA) is 41.1 Å². The van der Waals surface area contributed by atoms with Crippen LogP contribution in [0.1, 0.15) is 48.4 Å². The molecular weight excluding hydrogens is 332 g/mol. The standard InChI is InChI=1S/C21H23ClN2O/c1-14-17-8-7-16(22)13-18(17)19(15-5-3-2-4-6-15)24-21(20(14)25)9-11-23-12-10-21/h2-8,13-14,19,23-24H,9-12H2,1H3. The van der Waals surface area contributed by atoms with Gasteiger partial charge in [-0.3, -0.25) is 10.1 Å². The van der Waals surface area contributed by atoms with Crippen molar-refractivity contribution >= 4 is 17.4 Å². The SMILES string of the molecule is CC1C(=O)C2(CCNCC2)NC(c2ccccc2)c2cc(Cl)ccc21. The van der Waals surface area contributed by atoms with Crippen molar-refractivity contribution in [2.45, 2.75) is 37.3 Å². The molecule has 130 valence electrons. The molecule has 0 amide bonds. The van der Waals surface area contributed by atoms with Crippen LogP contribution in [0.15, 0.2) is 48.5 Å². The molecule has 1 saturated heterocycles. The summed E-state index contributed by atoms with van der Waals surface area (Å²) in [4.78, 5) is 13.4. The molecule has 2 aliphatic heterocycles. The van der Waals surface area contributed by atoms with E-state index in [1.807, 2.05) is 43.3 Å². The first-order valence-electron chi connectivity index (χ1n) is 8.98. The lowest BCUT2D eigenvalue weighted by molar-refractivity contribution is -0.127. The van der Waals surface area contributed by atoms with E-state index in [4.69, 9.17) is 11.6 Å². The second kappa shape index (κ2) is 6.56. The zero-order valence-electron chi connectivity index (χ0n) is 14.4. The Morgan fingerprint density at radius 2 is 1.76 bits per heavy atom. The molecule has 2 atom stereocenters. The van der Waals surface area contributed by atoms with Gasteiger partial charge in [-0.1, -0.05) is 54.9 Å². The first-order valence-corrected chi connectivity index (χ1v) is 9.35. The van der Waals surface area contributed by atoms with E-state index in [0.29, 0.717) is 10.8 Å². The first kappa shape index (κ1) is 16.8. The zero-order chi connectivity index (χ0) is 17.4. The van der Waals surface area contributed by atoms with Crippen LogP contribution in [-0.4, -0.2) is 24.4 Å². The summed E-state index contributed by atoms with van der Waals surface area (Å²) in [5, 5.41) is 7.86. The number of ketones is 1. The molecule has 2 heterocycles. The van der Waals surface area contributed by atoms with E-state index in [1.54, 1.807) is 0 Å². The fourth-order valence-corrected chi connectivity index (χ4v) is 4.50. The van der Waals surface area contributed by atoms with E-state index in [1.165, 1.54) is 5.56 Å². The smallest absolute Gasteiger partial charge is 0.160 e. The van der Waals surface area contributed by atoms with Crippen LogP contribution < -0.4 is 10.6 Å². The van der Waals surface area contributed by atoms with E-state index in [0.717, 1.165) is 37.1 Å². The molecule has 1 fully saturated rings. The van der Waals surface area contributed by atoms with Gasteiger partial charge in [-0.25, -0.2) is 0 Å². The number of hydrogen-bond acceptors (Lipinski definition) is 3. The molecule has 2 aromatic carbocycles. The summed E-state index contributed by atoms with van der Waals surface area (Å²) in [6, 6.07) is 16.3. The fourth-order valence-electron chi connectivity index (χ4n) is 4.32.